The summed E-state index contributed by atoms with van der Waals surface area (Å²) >= 11 is 0. The van der Waals surface area contributed by atoms with Gasteiger partial charge >= 0.3 is 5.97 Å². The van der Waals surface area contributed by atoms with Crippen LogP contribution in [0.2, 0.25) is 0 Å². The Kier molecular flexibility index (Phi) is 8.58. The van der Waals surface area contributed by atoms with E-state index in [4.69, 9.17) is 4.74 Å². The Morgan fingerprint density at radius 1 is 0.673 bits per heavy atom. The third-order valence-corrected chi connectivity index (χ3v) is 11.0. The van der Waals surface area contributed by atoms with E-state index in [1.165, 1.54) is 22.1 Å². The number of rotatable bonds is 10. The fourth-order valence-corrected chi connectivity index (χ4v) is 8.61. The molecule has 1 aliphatic heterocycles. The van der Waals surface area contributed by atoms with Crippen LogP contribution in [0, 0.1) is 6.92 Å². The van der Waals surface area contributed by atoms with Crippen molar-refractivity contribution in [3.05, 3.63) is 167 Å². The Morgan fingerprint density at radius 2 is 1.25 bits per heavy atom. The molecule has 0 N–H and O–H groups in total. The van der Waals surface area contributed by atoms with Gasteiger partial charge in [0, 0.05) is 81.6 Å². The van der Waals surface area contributed by atoms with E-state index in [1.807, 2.05) is 18.2 Å². The van der Waals surface area contributed by atoms with Gasteiger partial charge in [0.2, 0.25) is 0 Å². The highest BCUT2D eigenvalue weighted by molar-refractivity contribution is 6.10. The van der Waals surface area contributed by atoms with E-state index in [2.05, 4.69) is 164 Å². The van der Waals surface area contributed by atoms with Crippen molar-refractivity contribution in [2.24, 2.45) is 0 Å². The summed E-state index contributed by atoms with van der Waals surface area (Å²) in [6, 6.07) is 44.6. The predicted molar refractivity (Wildman–Crippen MR) is 215 cm³/mol. The van der Waals surface area contributed by atoms with Crippen molar-refractivity contribution in [2.45, 2.75) is 53.3 Å². The number of cyclic esters (lactones) is 1. The Balaban J connectivity index is 1.55. The van der Waals surface area contributed by atoms with E-state index in [1.54, 1.807) is 0 Å². The maximum Gasteiger partial charge on any atom is 0.340 e. The molecule has 7 aromatic rings. The van der Waals surface area contributed by atoms with E-state index < -0.39 is 5.60 Å². The van der Waals surface area contributed by atoms with Crippen molar-refractivity contribution in [1.29, 1.82) is 0 Å². The molecule has 5 nitrogen and oxygen atoms in total. The number of para-hydroxylation sites is 2. The molecule has 1 aliphatic rings. The molecule has 0 radical (unpaired) electrons. The first-order valence-corrected chi connectivity index (χ1v) is 18.6. The number of carbonyl (C=O) groups excluding carboxylic acids is 1. The fraction of sp³-hybridized carbons (Fsp3) is 0.213. The minimum Gasteiger partial charge on any atom is -0.441 e. The molecule has 1 unspecified atom stereocenters. The topological polar surface area (TPSA) is 39.4 Å². The highest BCUT2D eigenvalue weighted by Gasteiger charge is 2.46. The van der Waals surface area contributed by atoms with Gasteiger partial charge < -0.3 is 18.8 Å². The summed E-state index contributed by atoms with van der Waals surface area (Å²) in [7, 11) is 0. The first-order chi connectivity index (χ1) is 25.4. The van der Waals surface area contributed by atoms with Gasteiger partial charge in [0.05, 0.1) is 11.3 Å². The van der Waals surface area contributed by atoms with E-state index in [-0.39, 0.29) is 5.97 Å². The van der Waals surface area contributed by atoms with Crippen LogP contribution in [0.5, 0.6) is 0 Å². The van der Waals surface area contributed by atoms with Gasteiger partial charge in [0.1, 0.15) is 0 Å². The van der Waals surface area contributed by atoms with Crippen LogP contribution in [0.3, 0.4) is 0 Å². The van der Waals surface area contributed by atoms with Gasteiger partial charge in [-0.2, -0.15) is 0 Å². The number of nitrogens with zero attached hydrogens (tertiary/aromatic N) is 3. The lowest BCUT2D eigenvalue weighted by molar-refractivity contribution is 0.0276. The van der Waals surface area contributed by atoms with E-state index in [9.17, 15) is 4.79 Å². The largest absolute Gasteiger partial charge is 0.441 e. The molecular weight excluding hydrogens is 639 g/mol. The van der Waals surface area contributed by atoms with Crippen LogP contribution >= 0.6 is 0 Å². The lowest BCUT2D eigenvalue weighted by atomic mass is 9.80. The number of carbonyl (C=O) groups is 1. The number of benzene rings is 5. The second kappa shape index (κ2) is 13.4. The van der Waals surface area contributed by atoms with Crippen LogP contribution < -0.4 is 4.90 Å². The Bertz CT molecular complexity index is 2460. The summed E-state index contributed by atoms with van der Waals surface area (Å²) in [4.78, 5) is 16.3. The molecule has 5 aromatic carbocycles. The molecule has 3 heterocycles. The number of aromatic nitrogens is 2. The number of aryl methyl sites for hydroxylation is 2. The van der Waals surface area contributed by atoms with Crippen LogP contribution in [0.4, 0.5) is 5.69 Å². The second-order valence-electron chi connectivity index (χ2n) is 13.5. The number of ether oxygens (including phenoxy) is 1. The first kappa shape index (κ1) is 33.3. The molecular formula is C47H45N3O2. The van der Waals surface area contributed by atoms with E-state index in [0.29, 0.717) is 5.56 Å². The zero-order valence-corrected chi connectivity index (χ0v) is 30.7. The third-order valence-electron chi connectivity index (χ3n) is 11.0. The number of anilines is 1. The van der Waals surface area contributed by atoms with Gasteiger partial charge in [-0.25, -0.2) is 4.79 Å². The number of esters is 1. The van der Waals surface area contributed by atoms with Gasteiger partial charge in [0.25, 0.3) is 0 Å². The van der Waals surface area contributed by atoms with Crippen molar-refractivity contribution in [3.63, 3.8) is 0 Å². The first-order valence-electron chi connectivity index (χ1n) is 18.6. The second-order valence-corrected chi connectivity index (χ2v) is 13.5. The number of fused-ring (bicyclic) bond motifs is 3. The molecule has 0 aliphatic carbocycles. The summed E-state index contributed by atoms with van der Waals surface area (Å²) in [6.45, 7) is 14.5. The Hall–Kier alpha value is -5.81. The normalized spacial score (nSPS) is 15.7. The maximum atomic E-state index is 14.0. The molecule has 52 heavy (non-hydrogen) atoms. The third kappa shape index (κ3) is 5.10. The molecule has 0 amide bonds. The standard InChI is InChI=1S/C47H45N3O2/c1-6-48(7-2)35-29-27-34(28-30-35)47(40-24-16-13-21-36(40)46(51)52-47)31-39(43-32(5)49(8-3)41-25-17-14-22-37(41)43)44-38-23-15-18-26-42(38)50(9-4)45(44)33-19-11-10-12-20-33/h10-31H,6-9H2,1-5H3. The monoisotopic (exact) mass is 683 g/mol. The molecule has 8 rings (SSSR count). The summed E-state index contributed by atoms with van der Waals surface area (Å²) < 4.78 is 11.6. The van der Waals surface area contributed by atoms with Crippen LogP contribution in [-0.2, 0) is 23.4 Å². The van der Waals surface area contributed by atoms with E-state index >= 15 is 0 Å². The summed E-state index contributed by atoms with van der Waals surface area (Å²) in [5.74, 6) is -0.314. The van der Waals surface area contributed by atoms with Gasteiger partial charge in [0.15, 0.2) is 5.60 Å². The zero-order chi connectivity index (χ0) is 36.0. The summed E-state index contributed by atoms with van der Waals surface area (Å²) in [5.41, 5.74) is 11.5. The van der Waals surface area contributed by atoms with Crippen LogP contribution in [-0.4, -0.2) is 28.2 Å². The predicted octanol–water partition coefficient (Wildman–Crippen LogP) is 11.0. The highest BCUT2D eigenvalue weighted by atomic mass is 16.6. The van der Waals surface area contributed by atoms with Crippen molar-refractivity contribution in [3.8, 4) is 11.3 Å². The minimum absolute atomic E-state index is 0.314. The van der Waals surface area contributed by atoms with Crippen molar-refractivity contribution in [1.82, 2.24) is 9.13 Å². The van der Waals surface area contributed by atoms with Gasteiger partial charge in [-0.3, -0.25) is 0 Å². The van der Waals surface area contributed by atoms with Crippen LogP contribution in [0.15, 0.2) is 133 Å². The van der Waals surface area contributed by atoms with Crippen molar-refractivity contribution >= 4 is 39.0 Å². The van der Waals surface area contributed by atoms with Gasteiger partial charge in [-0.1, -0.05) is 97.1 Å². The summed E-state index contributed by atoms with van der Waals surface area (Å²) in [5, 5.41) is 2.33. The zero-order valence-electron chi connectivity index (χ0n) is 30.7. The van der Waals surface area contributed by atoms with Crippen molar-refractivity contribution in [2.75, 3.05) is 18.0 Å². The van der Waals surface area contributed by atoms with E-state index in [0.717, 1.165) is 76.3 Å². The molecule has 0 bridgehead atoms. The Labute approximate surface area is 306 Å². The minimum atomic E-state index is -1.18. The van der Waals surface area contributed by atoms with Crippen LogP contribution in [0.1, 0.15) is 66.0 Å². The van der Waals surface area contributed by atoms with Gasteiger partial charge in [-0.05, 0) is 82.2 Å². The molecule has 260 valence electrons. The lowest BCUT2D eigenvalue weighted by Crippen LogP contribution is -2.27. The maximum absolute atomic E-state index is 14.0. The molecule has 2 aromatic heterocycles. The van der Waals surface area contributed by atoms with Crippen molar-refractivity contribution < 1.29 is 9.53 Å². The SMILES string of the molecule is CCN(CC)c1ccc(C2(C=C(c3c(C)n(CC)c4ccccc34)c3c(-c4ccccc4)n(CC)c4ccccc34)OC(=O)c3ccccc32)cc1. The molecule has 5 heteroatoms. The quantitative estimate of drug-likeness (QED) is 0.135. The Morgan fingerprint density at radius 3 is 1.90 bits per heavy atom. The summed E-state index contributed by atoms with van der Waals surface area (Å²) in [6.07, 6.45) is 2.27. The number of hydrogen-bond donors (Lipinski definition) is 0. The average Bonchev–Trinajstić information content (AvgIpc) is 3.79. The lowest BCUT2D eigenvalue weighted by Gasteiger charge is -2.29. The van der Waals surface area contributed by atoms with Gasteiger partial charge in [-0.15, -0.1) is 0 Å². The molecule has 0 saturated carbocycles. The molecule has 0 fully saturated rings. The number of hydrogen-bond acceptors (Lipinski definition) is 3. The fourth-order valence-electron chi connectivity index (χ4n) is 8.61. The molecule has 0 saturated heterocycles. The average molecular weight is 684 g/mol. The van der Waals surface area contributed by atoms with Crippen LogP contribution in [0.25, 0.3) is 38.6 Å². The highest BCUT2D eigenvalue weighted by Crippen LogP contribution is 2.50. The molecule has 1 atom stereocenters. The molecule has 0 spiro atoms. The smallest absolute Gasteiger partial charge is 0.340 e.